The summed E-state index contributed by atoms with van der Waals surface area (Å²) in [7, 11) is 0. The minimum atomic E-state index is -0.723. The number of halogens is 3. The van der Waals surface area contributed by atoms with E-state index in [0.717, 1.165) is 17.9 Å². The molecule has 0 N–H and O–H groups in total. The van der Waals surface area contributed by atoms with Gasteiger partial charge in [-0.15, -0.1) is 0 Å². The average Bonchev–Trinajstić information content (AvgIpc) is 2.87. The monoisotopic (exact) mass is 480 g/mol. The van der Waals surface area contributed by atoms with E-state index >= 15 is 0 Å². The Bertz CT molecular complexity index is 1020. The summed E-state index contributed by atoms with van der Waals surface area (Å²) in [5.74, 6) is 0.0441. The molecule has 0 aliphatic heterocycles. The second kappa shape index (κ2) is 12.0. The first kappa shape index (κ1) is 24.9. The van der Waals surface area contributed by atoms with E-state index in [2.05, 4.69) is 43.3 Å². The molecule has 1 fully saturated rings. The topological polar surface area (TPSA) is 0 Å². The lowest BCUT2D eigenvalue weighted by Gasteiger charge is -2.29. The van der Waals surface area contributed by atoms with Gasteiger partial charge in [-0.3, -0.25) is 0 Å². The highest BCUT2D eigenvalue weighted by molar-refractivity contribution is 6.31. The van der Waals surface area contributed by atoms with E-state index < -0.39 is 16.7 Å². The lowest BCUT2D eigenvalue weighted by atomic mass is 9.76. The van der Waals surface area contributed by atoms with Crippen LogP contribution in [0.2, 0.25) is 5.02 Å². The highest BCUT2D eigenvalue weighted by Gasteiger charge is 2.22. The maximum Gasteiger partial charge on any atom is 0.145 e. The van der Waals surface area contributed by atoms with Crippen molar-refractivity contribution in [3.63, 3.8) is 0 Å². The van der Waals surface area contributed by atoms with Gasteiger partial charge in [-0.05, 0) is 103 Å². The third-order valence-electron chi connectivity index (χ3n) is 7.48. The molecule has 0 heterocycles. The van der Waals surface area contributed by atoms with E-state index in [1.54, 1.807) is 0 Å². The Morgan fingerprint density at radius 3 is 1.94 bits per heavy atom. The van der Waals surface area contributed by atoms with Gasteiger partial charge in [-0.1, -0.05) is 79.9 Å². The second-order valence-electron chi connectivity index (χ2n) is 9.91. The van der Waals surface area contributed by atoms with E-state index in [0.29, 0.717) is 11.5 Å². The summed E-state index contributed by atoms with van der Waals surface area (Å²) in [4.78, 5) is 0. The van der Waals surface area contributed by atoms with Crippen LogP contribution < -0.4 is 0 Å². The van der Waals surface area contributed by atoms with Gasteiger partial charge in [0.25, 0.3) is 0 Å². The fourth-order valence-electron chi connectivity index (χ4n) is 5.28. The van der Waals surface area contributed by atoms with Crippen molar-refractivity contribution in [1.82, 2.24) is 0 Å². The smallest absolute Gasteiger partial charge is 0.145 e. The van der Waals surface area contributed by atoms with Crippen LogP contribution in [0.15, 0.2) is 60.7 Å². The Labute approximate surface area is 208 Å². The van der Waals surface area contributed by atoms with Gasteiger partial charge in [0, 0.05) is 0 Å². The Morgan fingerprint density at radius 1 is 0.735 bits per heavy atom. The largest absolute Gasteiger partial charge is 0.205 e. The Kier molecular flexibility index (Phi) is 8.78. The molecular weight excluding hydrogens is 446 g/mol. The molecule has 0 aromatic heterocycles. The van der Waals surface area contributed by atoms with Gasteiger partial charge >= 0.3 is 0 Å². The van der Waals surface area contributed by atoms with Gasteiger partial charge in [0.15, 0.2) is 0 Å². The predicted molar refractivity (Wildman–Crippen MR) is 139 cm³/mol. The Morgan fingerprint density at radius 2 is 1.32 bits per heavy atom. The molecule has 0 bridgehead atoms. The van der Waals surface area contributed by atoms with Crippen molar-refractivity contribution in [2.75, 3.05) is 0 Å². The SMILES string of the molecule is CCCCCc1ccc([C@H]2CC[C@H](CCc3ccc(-c4cc(F)c(Cl)c(F)c4)cc3)CC2)cc1. The Hall–Kier alpha value is -2.19. The van der Waals surface area contributed by atoms with Gasteiger partial charge in [0.05, 0.1) is 0 Å². The van der Waals surface area contributed by atoms with Crippen molar-refractivity contribution < 1.29 is 8.78 Å². The van der Waals surface area contributed by atoms with E-state index in [1.165, 1.54) is 86.6 Å². The summed E-state index contributed by atoms with van der Waals surface area (Å²) < 4.78 is 27.5. The van der Waals surface area contributed by atoms with Crippen LogP contribution in [0.4, 0.5) is 8.78 Å². The number of hydrogen-bond donors (Lipinski definition) is 0. The molecule has 0 amide bonds. The van der Waals surface area contributed by atoms with E-state index in [-0.39, 0.29) is 0 Å². The molecular formula is C31H35ClF2. The van der Waals surface area contributed by atoms with Gasteiger partial charge in [-0.25, -0.2) is 8.78 Å². The zero-order chi connectivity index (χ0) is 23.9. The minimum absolute atomic E-state index is 0.450. The van der Waals surface area contributed by atoms with E-state index in [9.17, 15) is 8.78 Å². The van der Waals surface area contributed by atoms with Crippen molar-refractivity contribution in [2.45, 2.75) is 77.0 Å². The lowest BCUT2D eigenvalue weighted by molar-refractivity contribution is 0.310. The maximum absolute atomic E-state index is 13.8. The molecule has 1 aliphatic carbocycles. The number of unbranched alkanes of at least 4 members (excludes halogenated alkanes) is 2. The summed E-state index contributed by atoms with van der Waals surface area (Å²) in [6, 6.07) is 20.0. The molecule has 3 aromatic carbocycles. The van der Waals surface area contributed by atoms with Crippen LogP contribution in [-0.4, -0.2) is 0 Å². The standard InChI is InChI=1S/C31H35ClF2/c1-2-3-4-5-22-8-14-25(15-9-22)26-16-10-23(11-17-26)6-7-24-12-18-27(19-13-24)28-20-29(33)31(32)30(34)21-28/h8-9,12-15,18-21,23,26H,2-7,10-11,16-17H2,1H3/t23-,26-. The highest BCUT2D eigenvalue weighted by atomic mass is 35.5. The average molecular weight is 481 g/mol. The van der Waals surface area contributed by atoms with Gasteiger partial charge in [0.2, 0.25) is 0 Å². The van der Waals surface area contributed by atoms with Crippen LogP contribution in [-0.2, 0) is 12.8 Å². The summed E-state index contributed by atoms with van der Waals surface area (Å²) >= 11 is 5.60. The Balaban J connectivity index is 1.24. The molecule has 0 nitrogen and oxygen atoms in total. The lowest BCUT2D eigenvalue weighted by Crippen LogP contribution is -2.14. The first-order valence-electron chi connectivity index (χ1n) is 12.9. The van der Waals surface area contributed by atoms with Crippen LogP contribution in [0.25, 0.3) is 11.1 Å². The molecule has 34 heavy (non-hydrogen) atoms. The van der Waals surface area contributed by atoms with E-state index in [4.69, 9.17) is 11.6 Å². The molecule has 0 radical (unpaired) electrons. The molecule has 3 aromatic rings. The van der Waals surface area contributed by atoms with Crippen LogP contribution in [0.3, 0.4) is 0 Å². The number of aryl methyl sites for hydroxylation is 2. The molecule has 1 aliphatic rings. The molecule has 3 heteroatoms. The van der Waals surface area contributed by atoms with Crippen molar-refractivity contribution in [3.8, 4) is 11.1 Å². The van der Waals surface area contributed by atoms with Gasteiger partial charge in [-0.2, -0.15) is 0 Å². The van der Waals surface area contributed by atoms with Crippen molar-refractivity contribution in [1.29, 1.82) is 0 Å². The zero-order valence-electron chi connectivity index (χ0n) is 20.1. The summed E-state index contributed by atoms with van der Waals surface area (Å²) in [5, 5.41) is -0.450. The summed E-state index contributed by atoms with van der Waals surface area (Å²) in [6.07, 6.45) is 12.5. The predicted octanol–water partition coefficient (Wildman–Crippen LogP) is 9.92. The molecule has 180 valence electrons. The first-order valence-corrected chi connectivity index (χ1v) is 13.2. The van der Waals surface area contributed by atoms with Crippen molar-refractivity contribution in [3.05, 3.63) is 94.0 Å². The second-order valence-corrected chi connectivity index (χ2v) is 10.3. The van der Waals surface area contributed by atoms with Crippen LogP contribution in [0.1, 0.15) is 80.9 Å². The number of hydrogen-bond acceptors (Lipinski definition) is 0. The fourth-order valence-corrected chi connectivity index (χ4v) is 5.39. The molecule has 0 atom stereocenters. The highest BCUT2D eigenvalue weighted by Crippen LogP contribution is 2.38. The summed E-state index contributed by atoms with van der Waals surface area (Å²) in [5.41, 5.74) is 5.58. The number of benzene rings is 3. The molecule has 1 saturated carbocycles. The molecule has 4 rings (SSSR count). The zero-order valence-corrected chi connectivity index (χ0v) is 20.9. The van der Waals surface area contributed by atoms with Crippen LogP contribution >= 0.6 is 11.6 Å². The fraction of sp³-hybridized carbons (Fsp3) is 0.419. The van der Waals surface area contributed by atoms with Gasteiger partial charge in [0.1, 0.15) is 16.7 Å². The third kappa shape index (κ3) is 6.48. The molecule has 0 unspecified atom stereocenters. The minimum Gasteiger partial charge on any atom is -0.205 e. The third-order valence-corrected chi connectivity index (χ3v) is 7.84. The van der Waals surface area contributed by atoms with Crippen LogP contribution in [0, 0.1) is 17.6 Å². The van der Waals surface area contributed by atoms with Crippen molar-refractivity contribution >= 4 is 11.6 Å². The molecule has 0 spiro atoms. The summed E-state index contributed by atoms with van der Waals surface area (Å²) in [6.45, 7) is 2.25. The number of rotatable bonds is 9. The maximum atomic E-state index is 13.8. The first-order chi connectivity index (χ1) is 16.5. The quantitative estimate of drug-likeness (QED) is 0.211. The molecule has 0 saturated heterocycles. The van der Waals surface area contributed by atoms with E-state index in [1.807, 2.05) is 12.1 Å². The van der Waals surface area contributed by atoms with Crippen LogP contribution in [0.5, 0.6) is 0 Å². The van der Waals surface area contributed by atoms with Crippen molar-refractivity contribution in [2.24, 2.45) is 5.92 Å². The normalized spacial score (nSPS) is 18.2. The van der Waals surface area contributed by atoms with Gasteiger partial charge < -0.3 is 0 Å².